The Morgan fingerprint density at radius 3 is 2.11 bits per heavy atom. The minimum absolute atomic E-state index is 0.455. The molecule has 0 aromatic heterocycles. The van der Waals surface area contributed by atoms with Gasteiger partial charge in [-0.15, -0.1) is 0 Å². The molecule has 0 spiro atoms. The van der Waals surface area contributed by atoms with Gasteiger partial charge in [-0.05, 0) is 17.5 Å². The van der Waals surface area contributed by atoms with E-state index in [1.165, 1.54) is 24.0 Å². The molecule has 2 aromatic carbocycles. The fourth-order valence-corrected chi connectivity index (χ4v) is 2.20. The zero-order valence-corrected chi connectivity index (χ0v) is 11.0. The molecule has 0 radical (unpaired) electrons. The molecular weight excluding hydrogens is 218 g/mol. The summed E-state index contributed by atoms with van der Waals surface area (Å²) in [5, 5.41) is 3.65. The number of rotatable bonds is 6. The lowest BCUT2D eigenvalue weighted by Gasteiger charge is -2.18. The minimum Gasteiger partial charge on any atom is -0.306 e. The summed E-state index contributed by atoms with van der Waals surface area (Å²) < 4.78 is 0. The van der Waals surface area contributed by atoms with E-state index in [2.05, 4.69) is 72.9 Å². The molecule has 1 N–H and O–H groups in total. The average molecular weight is 239 g/mol. The SMILES string of the molecule is CCC[C@H](NCc1ccccc1)c1ccccc1. The quantitative estimate of drug-likeness (QED) is 0.791. The Bertz CT molecular complexity index is 436. The van der Waals surface area contributed by atoms with Crippen LogP contribution in [0.5, 0.6) is 0 Å². The van der Waals surface area contributed by atoms with Crippen molar-refractivity contribution in [1.82, 2.24) is 5.32 Å². The molecule has 0 saturated carbocycles. The van der Waals surface area contributed by atoms with E-state index in [0.29, 0.717) is 6.04 Å². The lowest BCUT2D eigenvalue weighted by Crippen LogP contribution is -2.20. The number of hydrogen-bond donors (Lipinski definition) is 1. The molecule has 0 aliphatic rings. The fourth-order valence-electron chi connectivity index (χ4n) is 2.20. The maximum Gasteiger partial charge on any atom is 0.0323 e. The normalized spacial score (nSPS) is 12.3. The van der Waals surface area contributed by atoms with Gasteiger partial charge in [-0.1, -0.05) is 74.0 Å². The van der Waals surface area contributed by atoms with E-state index in [1.54, 1.807) is 0 Å². The van der Waals surface area contributed by atoms with Gasteiger partial charge in [0.2, 0.25) is 0 Å². The highest BCUT2D eigenvalue weighted by atomic mass is 14.9. The smallest absolute Gasteiger partial charge is 0.0323 e. The van der Waals surface area contributed by atoms with Crippen molar-refractivity contribution in [2.45, 2.75) is 32.4 Å². The van der Waals surface area contributed by atoms with Crippen molar-refractivity contribution in [3.8, 4) is 0 Å². The number of hydrogen-bond acceptors (Lipinski definition) is 1. The molecule has 0 amide bonds. The first kappa shape index (κ1) is 12.8. The number of benzene rings is 2. The van der Waals surface area contributed by atoms with Gasteiger partial charge in [0, 0.05) is 12.6 Å². The van der Waals surface area contributed by atoms with Gasteiger partial charge < -0.3 is 5.32 Å². The van der Waals surface area contributed by atoms with E-state index in [4.69, 9.17) is 0 Å². The second kappa shape index (κ2) is 6.97. The van der Waals surface area contributed by atoms with E-state index in [0.717, 1.165) is 6.54 Å². The molecule has 1 heteroatoms. The van der Waals surface area contributed by atoms with Gasteiger partial charge in [0.25, 0.3) is 0 Å². The third-order valence-electron chi connectivity index (χ3n) is 3.17. The second-order valence-electron chi connectivity index (χ2n) is 4.62. The predicted molar refractivity (Wildman–Crippen MR) is 77.4 cm³/mol. The zero-order chi connectivity index (χ0) is 12.6. The maximum atomic E-state index is 3.65. The largest absolute Gasteiger partial charge is 0.306 e. The molecule has 0 fully saturated rings. The van der Waals surface area contributed by atoms with Gasteiger partial charge in [0.15, 0.2) is 0 Å². The molecular formula is C17H21N. The zero-order valence-electron chi connectivity index (χ0n) is 11.0. The summed E-state index contributed by atoms with van der Waals surface area (Å²) >= 11 is 0. The molecule has 1 atom stereocenters. The van der Waals surface area contributed by atoms with Gasteiger partial charge in [-0.25, -0.2) is 0 Å². The van der Waals surface area contributed by atoms with Crippen LogP contribution in [-0.2, 0) is 6.54 Å². The topological polar surface area (TPSA) is 12.0 Å². The molecule has 94 valence electrons. The first-order chi connectivity index (χ1) is 8.90. The Morgan fingerprint density at radius 1 is 0.889 bits per heavy atom. The van der Waals surface area contributed by atoms with E-state index in [-0.39, 0.29) is 0 Å². The van der Waals surface area contributed by atoms with Crippen LogP contribution >= 0.6 is 0 Å². The average Bonchev–Trinajstić information content (AvgIpc) is 2.45. The van der Waals surface area contributed by atoms with Gasteiger partial charge in [-0.2, -0.15) is 0 Å². The monoisotopic (exact) mass is 239 g/mol. The van der Waals surface area contributed by atoms with Crippen LogP contribution in [0.2, 0.25) is 0 Å². The first-order valence-corrected chi connectivity index (χ1v) is 6.72. The summed E-state index contributed by atoms with van der Waals surface area (Å²) in [6.07, 6.45) is 2.37. The molecule has 0 unspecified atom stereocenters. The molecule has 0 saturated heterocycles. The van der Waals surface area contributed by atoms with Gasteiger partial charge in [0.05, 0.1) is 0 Å². The van der Waals surface area contributed by atoms with Crippen molar-refractivity contribution in [2.75, 3.05) is 0 Å². The summed E-state index contributed by atoms with van der Waals surface area (Å²) in [6, 6.07) is 21.7. The Labute approximate surface area is 110 Å². The molecule has 2 rings (SSSR count). The first-order valence-electron chi connectivity index (χ1n) is 6.72. The Morgan fingerprint density at radius 2 is 1.50 bits per heavy atom. The van der Waals surface area contributed by atoms with Crippen molar-refractivity contribution in [3.63, 3.8) is 0 Å². The second-order valence-corrected chi connectivity index (χ2v) is 4.62. The summed E-state index contributed by atoms with van der Waals surface area (Å²) in [6.45, 7) is 3.17. The highest BCUT2D eigenvalue weighted by Crippen LogP contribution is 2.18. The molecule has 2 aromatic rings. The van der Waals surface area contributed by atoms with Crippen LogP contribution < -0.4 is 5.32 Å². The van der Waals surface area contributed by atoms with Gasteiger partial charge in [0.1, 0.15) is 0 Å². The highest BCUT2D eigenvalue weighted by molar-refractivity contribution is 5.20. The predicted octanol–water partition coefficient (Wildman–Crippen LogP) is 4.32. The molecule has 1 nitrogen and oxygen atoms in total. The Balaban J connectivity index is 1.99. The minimum atomic E-state index is 0.455. The van der Waals surface area contributed by atoms with Crippen LogP contribution in [0.1, 0.15) is 36.9 Å². The van der Waals surface area contributed by atoms with Crippen LogP contribution in [0.25, 0.3) is 0 Å². The van der Waals surface area contributed by atoms with E-state index < -0.39 is 0 Å². The Hall–Kier alpha value is -1.60. The van der Waals surface area contributed by atoms with E-state index in [9.17, 15) is 0 Å². The Kier molecular flexibility index (Phi) is 4.98. The van der Waals surface area contributed by atoms with Gasteiger partial charge >= 0.3 is 0 Å². The lowest BCUT2D eigenvalue weighted by atomic mass is 10.0. The summed E-state index contributed by atoms with van der Waals surface area (Å²) in [7, 11) is 0. The molecule has 0 heterocycles. The standard InChI is InChI=1S/C17H21N/c1-2-9-17(16-12-7-4-8-13-16)18-14-15-10-5-3-6-11-15/h3-8,10-13,17-18H,2,9,14H2,1H3/t17-/m0/s1. The van der Waals surface area contributed by atoms with Crippen LogP contribution in [0.15, 0.2) is 60.7 Å². The van der Waals surface area contributed by atoms with Crippen molar-refractivity contribution in [3.05, 3.63) is 71.8 Å². The summed E-state index contributed by atoms with van der Waals surface area (Å²) in [4.78, 5) is 0. The summed E-state index contributed by atoms with van der Waals surface area (Å²) in [5.41, 5.74) is 2.73. The van der Waals surface area contributed by atoms with Crippen molar-refractivity contribution in [1.29, 1.82) is 0 Å². The van der Waals surface area contributed by atoms with Crippen LogP contribution in [-0.4, -0.2) is 0 Å². The molecule has 0 aliphatic carbocycles. The van der Waals surface area contributed by atoms with Crippen molar-refractivity contribution >= 4 is 0 Å². The lowest BCUT2D eigenvalue weighted by molar-refractivity contribution is 0.493. The molecule has 18 heavy (non-hydrogen) atoms. The van der Waals surface area contributed by atoms with Crippen LogP contribution in [0, 0.1) is 0 Å². The van der Waals surface area contributed by atoms with Crippen molar-refractivity contribution < 1.29 is 0 Å². The van der Waals surface area contributed by atoms with Gasteiger partial charge in [-0.3, -0.25) is 0 Å². The van der Waals surface area contributed by atoms with Crippen LogP contribution in [0.4, 0.5) is 0 Å². The third-order valence-corrected chi connectivity index (χ3v) is 3.17. The maximum absolute atomic E-state index is 3.65. The molecule has 0 bridgehead atoms. The van der Waals surface area contributed by atoms with E-state index in [1.807, 2.05) is 0 Å². The summed E-state index contributed by atoms with van der Waals surface area (Å²) in [5.74, 6) is 0. The van der Waals surface area contributed by atoms with Crippen molar-refractivity contribution in [2.24, 2.45) is 0 Å². The molecule has 0 aliphatic heterocycles. The third kappa shape index (κ3) is 3.71. The highest BCUT2D eigenvalue weighted by Gasteiger charge is 2.08. The fraction of sp³-hybridized carbons (Fsp3) is 0.294. The van der Waals surface area contributed by atoms with Crippen LogP contribution in [0.3, 0.4) is 0 Å². The number of nitrogens with one attached hydrogen (secondary N) is 1. The van der Waals surface area contributed by atoms with E-state index >= 15 is 0 Å².